The summed E-state index contributed by atoms with van der Waals surface area (Å²) in [5.74, 6) is -1.81. The van der Waals surface area contributed by atoms with E-state index in [9.17, 15) is 24.8 Å². The number of hydrogen-bond acceptors (Lipinski definition) is 4. The second-order valence-electron chi connectivity index (χ2n) is 5.98. The Balaban J connectivity index is 1.88. The summed E-state index contributed by atoms with van der Waals surface area (Å²) < 4.78 is 0. The standard InChI is InChI=1S/C20H16N2O5/c23-19(16-10-5-8-13-6-1-3-9-15(13)16)21-17(20(24)25)12-14-7-2-4-11-18(14)22(26)27/h1-11,17H,12H2,(H,21,23)(H,24,25)/t17-/m0/s1. The number of aliphatic carboxylic acids is 1. The van der Waals surface area contributed by atoms with Gasteiger partial charge in [-0.05, 0) is 16.8 Å². The van der Waals surface area contributed by atoms with Gasteiger partial charge < -0.3 is 10.4 Å². The molecule has 1 amide bonds. The molecule has 0 aliphatic rings. The molecule has 3 rings (SSSR count). The van der Waals surface area contributed by atoms with Gasteiger partial charge in [0.05, 0.1) is 4.92 Å². The molecular formula is C20H16N2O5. The Bertz CT molecular complexity index is 1030. The number of carbonyl (C=O) groups excluding carboxylic acids is 1. The van der Waals surface area contributed by atoms with Crippen LogP contribution in [0.1, 0.15) is 15.9 Å². The Morgan fingerprint density at radius 2 is 1.67 bits per heavy atom. The van der Waals surface area contributed by atoms with Crippen LogP contribution < -0.4 is 5.32 Å². The van der Waals surface area contributed by atoms with E-state index in [0.717, 1.165) is 5.39 Å². The highest BCUT2D eigenvalue weighted by Gasteiger charge is 2.25. The van der Waals surface area contributed by atoms with Crippen molar-refractivity contribution in [2.75, 3.05) is 0 Å². The first-order valence-electron chi connectivity index (χ1n) is 8.21. The molecule has 0 saturated carbocycles. The Labute approximate surface area is 154 Å². The highest BCUT2D eigenvalue weighted by Crippen LogP contribution is 2.21. The molecule has 0 unspecified atom stereocenters. The molecule has 136 valence electrons. The van der Waals surface area contributed by atoms with Crippen LogP contribution in [0.25, 0.3) is 10.8 Å². The van der Waals surface area contributed by atoms with E-state index in [1.54, 1.807) is 30.3 Å². The molecule has 0 fully saturated rings. The van der Waals surface area contributed by atoms with Gasteiger partial charge in [-0.15, -0.1) is 0 Å². The topological polar surface area (TPSA) is 110 Å². The van der Waals surface area contributed by atoms with Crippen molar-refractivity contribution in [3.05, 3.63) is 88.0 Å². The van der Waals surface area contributed by atoms with Crippen LogP contribution in [-0.4, -0.2) is 27.9 Å². The molecule has 1 atom stereocenters. The van der Waals surface area contributed by atoms with E-state index >= 15 is 0 Å². The first-order chi connectivity index (χ1) is 13.0. The van der Waals surface area contributed by atoms with Crippen molar-refractivity contribution in [3.63, 3.8) is 0 Å². The maximum absolute atomic E-state index is 12.7. The minimum absolute atomic E-state index is 0.178. The van der Waals surface area contributed by atoms with E-state index < -0.39 is 22.8 Å². The first kappa shape index (κ1) is 18.1. The summed E-state index contributed by atoms with van der Waals surface area (Å²) in [6.45, 7) is 0. The molecule has 7 nitrogen and oxygen atoms in total. The highest BCUT2D eigenvalue weighted by atomic mass is 16.6. The molecule has 27 heavy (non-hydrogen) atoms. The van der Waals surface area contributed by atoms with Gasteiger partial charge in [0.15, 0.2) is 0 Å². The Kier molecular flexibility index (Phi) is 5.12. The summed E-state index contributed by atoms with van der Waals surface area (Å²) in [6.07, 6.45) is -0.191. The van der Waals surface area contributed by atoms with Crippen LogP contribution in [0.2, 0.25) is 0 Å². The zero-order valence-electron chi connectivity index (χ0n) is 14.2. The maximum Gasteiger partial charge on any atom is 0.326 e. The number of benzene rings is 3. The number of carboxylic acid groups (broad SMARTS) is 1. The summed E-state index contributed by atoms with van der Waals surface area (Å²) in [4.78, 5) is 34.9. The Hall–Kier alpha value is -3.74. The van der Waals surface area contributed by atoms with Crippen LogP contribution in [-0.2, 0) is 11.2 Å². The van der Waals surface area contributed by atoms with Gasteiger partial charge in [-0.2, -0.15) is 0 Å². The van der Waals surface area contributed by atoms with E-state index in [1.807, 2.05) is 18.2 Å². The van der Waals surface area contributed by atoms with Crippen LogP contribution in [0, 0.1) is 10.1 Å². The summed E-state index contributed by atoms with van der Waals surface area (Å²) in [5, 5.41) is 24.7. The van der Waals surface area contributed by atoms with Gasteiger partial charge in [-0.1, -0.05) is 54.6 Å². The molecular weight excluding hydrogens is 348 g/mol. The summed E-state index contributed by atoms with van der Waals surface area (Å²) in [6, 6.07) is 17.1. The largest absolute Gasteiger partial charge is 0.480 e. The van der Waals surface area contributed by atoms with Crippen molar-refractivity contribution in [2.45, 2.75) is 12.5 Å². The van der Waals surface area contributed by atoms with Gasteiger partial charge in [0, 0.05) is 23.6 Å². The van der Waals surface area contributed by atoms with Gasteiger partial charge >= 0.3 is 5.97 Å². The Morgan fingerprint density at radius 3 is 2.41 bits per heavy atom. The predicted octanol–water partition coefficient (Wildman–Crippen LogP) is 3.17. The minimum Gasteiger partial charge on any atom is -0.480 e. The molecule has 0 heterocycles. The quantitative estimate of drug-likeness (QED) is 0.516. The van der Waals surface area contributed by atoms with E-state index in [4.69, 9.17) is 0 Å². The summed E-state index contributed by atoms with van der Waals surface area (Å²) in [5.41, 5.74) is 0.415. The van der Waals surface area contributed by atoms with Crippen molar-refractivity contribution in [1.29, 1.82) is 0 Å². The van der Waals surface area contributed by atoms with E-state index in [1.165, 1.54) is 18.2 Å². The van der Waals surface area contributed by atoms with Crippen molar-refractivity contribution in [1.82, 2.24) is 5.32 Å². The van der Waals surface area contributed by atoms with E-state index in [-0.39, 0.29) is 17.7 Å². The maximum atomic E-state index is 12.7. The van der Waals surface area contributed by atoms with E-state index in [2.05, 4.69) is 5.32 Å². The van der Waals surface area contributed by atoms with Crippen molar-refractivity contribution in [2.24, 2.45) is 0 Å². The number of hydrogen-bond donors (Lipinski definition) is 2. The normalized spacial score (nSPS) is 11.7. The van der Waals surface area contributed by atoms with Gasteiger partial charge in [0.2, 0.25) is 0 Å². The number of amides is 1. The fourth-order valence-electron chi connectivity index (χ4n) is 2.94. The molecule has 0 saturated heterocycles. The third-order valence-electron chi connectivity index (χ3n) is 4.25. The third-order valence-corrected chi connectivity index (χ3v) is 4.25. The lowest BCUT2D eigenvalue weighted by Crippen LogP contribution is -2.42. The second-order valence-corrected chi connectivity index (χ2v) is 5.98. The monoisotopic (exact) mass is 364 g/mol. The number of rotatable bonds is 6. The zero-order valence-corrected chi connectivity index (χ0v) is 14.2. The number of carboxylic acids is 1. The summed E-state index contributed by atoms with van der Waals surface area (Å²) in [7, 11) is 0. The predicted molar refractivity (Wildman–Crippen MR) is 99.6 cm³/mol. The molecule has 0 radical (unpaired) electrons. The van der Waals surface area contributed by atoms with Crippen LogP contribution in [0.15, 0.2) is 66.7 Å². The number of para-hydroxylation sites is 1. The highest BCUT2D eigenvalue weighted by molar-refractivity contribution is 6.07. The molecule has 3 aromatic rings. The summed E-state index contributed by atoms with van der Waals surface area (Å²) >= 11 is 0. The molecule has 0 spiro atoms. The second kappa shape index (κ2) is 7.65. The number of fused-ring (bicyclic) bond motifs is 1. The van der Waals surface area contributed by atoms with Crippen LogP contribution >= 0.6 is 0 Å². The van der Waals surface area contributed by atoms with Gasteiger partial charge in [0.25, 0.3) is 11.6 Å². The van der Waals surface area contributed by atoms with Crippen molar-refractivity contribution >= 4 is 28.3 Å². The van der Waals surface area contributed by atoms with Gasteiger partial charge in [-0.25, -0.2) is 4.79 Å². The molecule has 7 heteroatoms. The lowest BCUT2D eigenvalue weighted by molar-refractivity contribution is -0.385. The number of nitrogens with one attached hydrogen (secondary N) is 1. The fraction of sp³-hybridized carbons (Fsp3) is 0.100. The Morgan fingerprint density at radius 1 is 1.00 bits per heavy atom. The van der Waals surface area contributed by atoms with E-state index in [0.29, 0.717) is 10.9 Å². The molecule has 0 aliphatic heterocycles. The van der Waals surface area contributed by atoms with Crippen molar-refractivity contribution in [3.8, 4) is 0 Å². The average Bonchev–Trinajstić information content (AvgIpc) is 2.67. The van der Waals surface area contributed by atoms with Gasteiger partial charge in [-0.3, -0.25) is 14.9 Å². The number of nitrogens with zero attached hydrogens (tertiary/aromatic N) is 1. The number of carbonyl (C=O) groups is 2. The molecule has 0 aromatic heterocycles. The minimum atomic E-state index is -1.29. The van der Waals surface area contributed by atoms with Crippen LogP contribution in [0.5, 0.6) is 0 Å². The molecule has 3 aromatic carbocycles. The molecule has 2 N–H and O–H groups in total. The molecule has 0 aliphatic carbocycles. The third kappa shape index (κ3) is 3.92. The van der Waals surface area contributed by atoms with Crippen LogP contribution in [0.3, 0.4) is 0 Å². The van der Waals surface area contributed by atoms with Crippen molar-refractivity contribution < 1.29 is 19.6 Å². The fourth-order valence-corrected chi connectivity index (χ4v) is 2.94. The van der Waals surface area contributed by atoms with Crippen LogP contribution in [0.4, 0.5) is 5.69 Å². The molecule has 0 bridgehead atoms. The number of nitro benzene ring substituents is 1. The SMILES string of the molecule is O=C(N[C@@H](Cc1ccccc1[N+](=O)[O-])C(=O)O)c1cccc2ccccc12. The first-order valence-corrected chi connectivity index (χ1v) is 8.21. The lowest BCUT2D eigenvalue weighted by atomic mass is 10.0. The van der Waals surface area contributed by atoms with Gasteiger partial charge in [0.1, 0.15) is 6.04 Å². The zero-order chi connectivity index (χ0) is 19.4. The lowest BCUT2D eigenvalue weighted by Gasteiger charge is -2.15. The smallest absolute Gasteiger partial charge is 0.326 e. The average molecular weight is 364 g/mol. The number of nitro groups is 1.